The predicted octanol–water partition coefficient (Wildman–Crippen LogP) is 5.62. The molecule has 0 aromatic heterocycles. The molecular formula is C23H25ClN2O3. The second kappa shape index (κ2) is 7.90. The highest BCUT2D eigenvalue weighted by atomic mass is 35.5. The first-order valence-electron chi connectivity index (χ1n) is 9.90. The molecule has 2 heterocycles. The number of rotatable bonds is 6. The summed E-state index contributed by atoms with van der Waals surface area (Å²) in [6.07, 6.45) is 4.39. The molecule has 2 aliphatic heterocycles. The second-order valence-electron chi connectivity index (χ2n) is 7.58. The number of hydrogen-bond acceptors (Lipinski definition) is 5. The first-order chi connectivity index (χ1) is 13.9. The van der Waals surface area contributed by atoms with E-state index < -0.39 is 11.4 Å². The maximum Gasteiger partial charge on any atom is 0.202 e. The molecule has 5 nitrogen and oxygen atoms in total. The molecule has 0 spiro atoms. The van der Waals surface area contributed by atoms with E-state index in [0.29, 0.717) is 23.1 Å². The maximum atomic E-state index is 6.47. The molecule has 3 unspecified atom stereocenters. The summed E-state index contributed by atoms with van der Waals surface area (Å²) in [4.78, 5) is 9.14. The van der Waals surface area contributed by atoms with Gasteiger partial charge >= 0.3 is 0 Å². The van der Waals surface area contributed by atoms with Gasteiger partial charge < -0.3 is 14.2 Å². The molecule has 0 aliphatic carbocycles. The van der Waals surface area contributed by atoms with E-state index in [-0.39, 0.29) is 12.0 Å². The Morgan fingerprint density at radius 1 is 1.14 bits per heavy atom. The van der Waals surface area contributed by atoms with Crippen LogP contribution < -0.4 is 4.74 Å². The van der Waals surface area contributed by atoms with Crippen molar-refractivity contribution in [3.63, 3.8) is 0 Å². The van der Waals surface area contributed by atoms with E-state index in [1.165, 1.54) is 0 Å². The largest absolute Gasteiger partial charge is 0.457 e. The summed E-state index contributed by atoms with van der Waals surface area (Å²) in [6.45, 7) is 6.73. The Hall–Kier alpha value is -2.21. The molecule has 0 radical (unpaired) electrons. The Balaban J connectivity index is 1.63. The van der Waals surface area contributed by atoms with Crippen LogP contribution in [0.3, 0.4) is 0 Å². The zero-order valence-electron chi connectivity index (χ0n) is 16.8. The Bertz CT molecular complexity index is 916. The fraction of sp³-hybridized carbons (Fsp3) is 0.391. The smallest absolute Gasteiger partial charge is 0.202 e. The van der Waals surface area contributed by atoms with Crippen LogP contribution in [0.5, 0.6) is 11.5 Å². The van der Waals surface area contributed by atoms with E-state index >= 15 is 0 Å². The molecule has 3 atom stereocenters. The van der Waals surface area contributed by atoms with Crippen molar-refractivity contribution in [2.24, 2.45) is 15.9 Å². The van der Waals surface area contributed by atoms with Crippen LogP contribution in [-0.2, 0) is 15.3 Å². The Morgan fingerprint density at radius 3 is 2.48 bits per heavy atom. The summed E-state index contributed by atoms with van der Waals surface area (Å²) in [7, 11) is 0. The van der Waals surface area contributed by atoms with Crippen LogP contribution in [0, 0.1) is 5.92 Å². The number of nitrogens with zero attached hydrogens (tertiary/aromatic N) is 2. The molecule has 1 saturated heterocycles. The molecule has 2 aromatic rings. The van der Waals surface area contributed by atoms with Crippen LogP contribution in [0.25, 0.3) is 0 Å². The fourth-order valence-corrected chi connectivity index (χ4v) is 3.95. The Morgan fingerprint density at radius 2 is 1.86 bits per heavy atom. The van der Waals surface area contributed by atoms with Gasteiger partial charge in [0.1, 0.15) is 11.5 Å². The van der Waals surface area contributed by atoms with Gasteiger partial charge in [-0.15, -0.1) is 0 Å². The average molecular weight is 413 g/mol. The molecule has 0 amide bonds. The van der Waals surface area contributed by atoms with Crippen molar-refractivity contribution in [3.05, 3.63) is 59.1 Å². The van der Waals surface area contributed by atoms with E-state index in [2.05, 4.69) is 23.8 Å². The van der Waals surface area contributed by atoms with Crippen LogP contribution in [0.15, 0.2) is 58.5 Å². The standard InChI is InChI=1S/C23H25ClN2O3/c1-4-19-15-27-23(29-19,16(2)22(3)25-12-13-26-22)17-8-10-20(11-9-17)28-21-7-5-6-18(24)14-21/h5-14,16,19H,4,15H2,1-3H3. The van der Waals surface area contributed by atoms with Crippen molar-refractivity contribution in [1.29, 1.82) is 0 Å². The summed E-state index contributed by atoms with van der Waals surface area (Å²) in [5.41, 5.74) is 0.302. The minimum absolute atomic E-state index is 0.0396. The molecule has 1 fully saturated rings. The van der Waals surface area contributed by atoms with Gasteiger partial charge in [0, 0.05) is 23.0 Å². The zero-order chi connectivity index (χ0) is 20.5. The topological polar surface area (TPSA) is 52.4 Å². The number of hydrogen-bond donors (Lipinski definition) is 0. The van der Waals surface area contributed by atoms with Crippen molar-refractivity contribution in [2.75, 3.05) is 6.61 Å². The van der Waals surface area contributed by atoms with E-state index in [1.807, 2.05) is 49.4 Å². The minimum atomic E-state index is -0.914. The first kappa shape index (κ1) is 20.1. The quantitative estimate of drug-likeness (QED) is 0.618. The second-order valence-corrected chi connectivity index (χ2v) is 8.02. The van der Waals surface area contributed by atoms with Crippen molar-refractivity contribution in [3.8, 4) is 11.5 Å². The summed E-state index contributed by atoms with van der Waals surface area (Å²) in [5, 5.41) is 0.635. The fourth-order valence-electron chi connectivity index (χ4n) is 3.77. The third kappa shape index (κ3) is 3.82. The number of halogens is 1. The van der Waals surface area contributed by atoms with Crippen LogP contribution >= 0.6 is 11.6 Å². The first-order valence-corrected chi connectivity index (χ1v) is 10.3. The van der Waals surface area contributed by atoms with Crippen LogP contribution in [0.4, 0.5) is 0 Å². The molecule has 29 heavy (non-hydrogen) atoms. The minimum Gasteiger partial charge on any atom is -0.457 e. The molecule has 0 bridgehead atoms. The lowest BCUT2D eigenvalue weighted by Gasteiger charge is -2.40. The van der Waals surface area contributed by atoms with Gasteiger partial charge in [-0.05, 0) is 55.8 Å². The van der Waals surface area contributed by atoms with Gasteiger partial charge in [-0.2, -0.15) is 0 Å². The van der Waals surface area contributed by atoms with Crippen molar-refractivity contribution < 1.29 is 14.2 Å². The zero-order valence-corrected chi connectivity index (χ0v) is 17.6. The highest BCUT2D eigenvalue weighted by molar-refractivity contribution is 6.30. The van der Waals surface area contributed by atoms with E-state index in [4.69, 9.17) is 25.8 Å². The highest BCUT2D eigenvalue weighted by Crippen LogP contribution is 2.48. The molecule has 6 heteroatoms. The normalized spacial score (nSPS) is 26.0. The van der Waals surface area contributed by atoms with Gasteiger partial charge in [0.2, 0.25) is 5.79 Å². The van der Waals surface area contributed by atoms with Gasteiger partial charge in [0.25, 0.3) is 0 Å². The highest BCUT2D eigenvalue weighted by Gasteiger charge is 2.54. The van der Waals surface area contributed by atoms with Gasteiger partial charge in [-0.3, -0.25) is 9.98 Å². The third-order valence-corrected chi connectivity index (χ3v) is 5.93. The van der Waals surface area contributed by atoms with Crippen LogP contribution in [0.1, 0.15) is 32.8 Å². The van der Waals surface area contributed by atoms with Gasteiger partial charge in [0.05, 0.1) is 18.6 Å². The lowest BCUT2D eigenvalue weighted by molar-refractivity contribution is -0.223. The SMILES string of the molecule is CCC1COC(c2ccc(Oc3cccc(Cl)c3)cc2)(C(C)C2(C)N=CC=N2)O1. The van der Waals surface area contributed by atoms with E-state index in [0.717, 1.165) is 12.0 Å². The molecule has 0 saturated carbocycles. The van der Waals surface area contributed by atoms with Crippen molar-refractivity contribution in [1.82, 2.24) is 0 Å². The molecule has 2 aliphatic rings. The van der Waals surface area contributed by atoms with E-state index in [1.54, 1.807) is 18.5 Å². The lowest BCUT2D eigenvalue weighted by Crippen LogP contribution is -2.45. The van der Waals surface area contributed by atoms with E-state index in [9.17, 15) is 0 Å². The van der Waals surface area contributed by atoms with Crippen molar-refractivity contribution in [2.45, 2.75) is 44.7 Å². The van der Waals surface area contributed by atoms with Crippen LogP contribution in [0.2, 0.25) is 5.02 Å². The van der Waals surface area contributed by atoms with Gasteiger partial charge in [-0.25, -0.2) is 0 Å². The maximum absolute atomic E-state index is 6.47. The molecule has 2 aromatic carbocycles. The van der Waals surface area contributed by atoms with Crippen LogP contribution in [-0.4, -0.2) is 30.8 Å². The summed E-state index contributed by atoms with van der Waals surface area (Å²) in [5.74, 6) is 0.367. The van der Waals surface area contributed by atoms with Gasteiger partial charge in [0.15, 0.2) is 5.66 Å². The monoisotopic (exact) mass is 412 g/mol. The molecule has 0 N–H and O–H groups in total. The van der Waals surface area contributed by atoms with Gasteiger partial charge in [-0.1, -0.05) is 31.5 Å². The molecular weight excluding hydrogens is 388 g/mol. The number of ether oxygens (including phenoxy) is 3. The summed E-state index contributed by atoms with van der Waals surface area (Å²) < 4.78 is 18.7. The number of aliphatic imine (C=N–C) groups is 2. The Kier molecular flexibility index (Phi) is 5.47. The van der Waals surface area contributed by atoms with Crippen molar-refractivity contribution >= 4 is 24.0 Å². The third-order valence-electron chi connectivity index (χ3n) is 5.70. The number of benzene rings is 2. The summed E-state index contributed by atoms with van der Waals surface area (Å²) in [6, 6.07) is 15.1. The Labute approximate surface area is 176 Å². The lowest BCUT2D eigenvalue weighted by atomic mass is 9.84. The molecule has 4 rings (SSSR count). The summed E-state index contributed by atoms with van der Waals surface area (Å²) >= 11 is 6.04. The average Bonchev–Trinajstić information content (AvgIpc) is 3.36. The predicted molar refractivity (Wildman–Crippen MR) is 115 cm³/mol. The molecule has 152 valence electrons.